The predicted molar refractivity (Wildman–Crippen MR) is 179 cm³/mol. The third kappa shape index (κ3) is 8.70. The molecule has 2 heterocycles. The number of nitrogens with zero attached hydrogens (tertiary/aromatic N) is 3. The number of esters is 2. The first-order valence-electron chi connectivity index (χ1n) is 16.2. The summed E-state index contributed by atoms with van der Waals surface area (Å²) in [6, 6.07) is 3.31. The molecule has 2 aliphatic rings. The summed E-state index contributed by atoms with van der Waals surface area (Å²) >= 11 is 6.14. The fourth-order valence-electron chi connectivity index (χ4n) is 5.93. The molecule has 1 saturated carbocycles. The highest BCUT2D eigenvalue weighted by atomic mass is 35.5. The SMILES string of the molecule is C=CCC[C@@H]1C[C@H]1OC(=O)C[C@H](C(=O)N1C[C@H](Oc2nc3cc(Cl)ccc3nc2C(F)(F)C=C)[C@@H](C)[C@H]1C(=O)OC(C)(C)C)C(C)(C)C. The lowest BCUT2D eigenvalue weighted by Gasteiger charge is -2.35. The van der Waals surface area contributed by atoms with E-state index in [1.165, 1.54) is 23.1 Å². The van der Waals surface area contributed by atoms with Gasteiger partial charge in [0.2, 0.25) is 11.8 Å². The summed E-state index contributed by atoms with van der Waals surface area (Å²) in [4.78, 5) is 51.0. The van der Waals surface area contributed by atoms with Crippen molar-refractivity contribution in [2.75, 3.05) is 6.54 Å². The zero-order chi connectivity index (χ0) is 35.8. The summed E-state index contributed by atoms with van der Waals surface area (Å²) in [5.41, 5.74) is -1.96. The topological polar surface area (TPSA) is 108 Å². The summed E-state index contributed by atoms with van der Waals surface area (Å²) in [6.07, 6.45) is 3.39. The Labute approximate surface area is 286 Å². The Hall–Kier alpha value is -3.60. The minimum atomic E-state index is -3.61. The molecule has 0 bridgehead atoms. The number of alkyl halides is 2. The first-order chi connectivity index (χ1) is 22.3. The zero-order valence-electron chi connectivity index (χ0n) is 28.7. The molecule has 1 aliphatic heterocycles. The molecule has 0 spiro atoms. The number of rotatable bonds is 12. The van der Waals surface area contributed by atoms with E-state index in [0.29, 0.717) is 11.1 Å². The number of allylic oxidation sites excluding steroid dienone is 2. The van der Waals surface area contributed by atoms with Crippen LogP contribution in [0.5, 0.6) is 5.88 Å². The minimum absolute atomic E-state index is 0.161. The summed E-state index contributed by atoms with van der Waals surface area (Å²) in [7, 11) is 0. The van der Waals surface area contributed by atoms with Gasteiger partial charge in [0.05, 0.1) is 29.9 Å². The summed E-state index contributed by atoms with van der Waals surface area (Å²) in [5, 5.41) is 0.322. The number of hydrogen-bond acceptors (Lipinski definition) is 8. The molecule has 1 saturated heterocycles. The molecule has 1 aromatic heterocycles. The van der Waals surface area contributed by atoms with Crippen molar-refractivity contribution in [2.24, 2.45) is 23.2 Å². The van der Waals surface area contributed by atoms with Crippen molar-refractivity contribution in [3.05, 3.63) is 54.2 Å². The standard InChI is InChI=1S/C36H46ClF2N3O6/c1-10-12-13-21-16-26(21)46-28(43)18-23(34(4,5)6)32(44)42-19-27(20(3)29(42)33(45)48-35(7,8)9)47-31-30(36(38,39)11-2)40-24-15-14-22(37)17-25(24)41-31/h10-11,14-15,17,20-21,23,26-27,29H,1-2,12-13,16,18-19H2,3-9H3/t20-,21-,23-,26-,27+,29+/m1/s1. The fraction of sp³-hybridized carbons (Fsp3) is 0.583. The van der Waals surface area contributed by atoms with E-state index in [2.05, 4.69) is 23.1 Å². The number of halogens is 3. The molecule has 1 amide bonds. The molecule has 2 fully saturated rings. The van der Waals surface area contributed by atoms with Crippen LogP contribution in [0.25, 0.3) is 11.0 Å². The van der Waals surface area contributed by atoms with Gasteiger partial charge in [0, 0.05) is 10.9 Å². The van der Waals surface area contributed by atoms with Crippen molar-refractivity contribution in [2.45, 2.75) is 104 Å². The predicted octanol–water partition coefficient (Wildman–Crippen LogP) is 7.45. The fourth-order valence-corrected chi connectivity index (χ4v) is 6.10. The van der Waals surface area contributed by atoms with Gasteiger partial charge in [-0.1, -0.05) is 52.0 Å². The Kier molecular flexibility index (Phi) is 10.9. The van der Waals surface area contributed by atoms with Gasteiger partial charge in [0.25, 0.3) is 0 Å². The molecule has 9 nitrogen and oxygen atoms in total. The molecule has 48 heavy (non-hydrogen) atoms. The minimum Gasteiger partial charge on any atom is -0.471 e. The molecular formula is C36H46ClF2N3O6. The van der Waals surface area contributed by atoms with E-state index in [9.17, 15) is 14.4 Å². The number of fused-ring (bicyclic) bond motifs is 1. The van der Waals surface area contributed by atoms with E-state index in [4.69, 9.17) is 25.8 Å². The van der Waals surface area contributed by atoms with E-state index in [-0.39, 0.29) is 36.0 Å². The van der Waals surface area contributed by atoms with Gasteiger partial charge in [0.1, 0.15) is 23.9 Å². The van der Waals surface area contributed by atoms with Gasteiger partial charge in [-0.25, -0.2) is 14.8 Å². The highest BCUT2D eigenvalue weighted by molar-refractivity contribution is 6.31. The van der Waals surface area contributed by atoms with Crippen LogP contribution in [0.15, 0.2) is 43.5 Å². The Bertz CT molecular complexity index is 1570. The monoisotopic (exact) mass is 689 g/mol. The lowest BCUT2D eigenvalue weighted by atomic mass is 9.77. The van der Waals surface area contributed by atoms with Crippen molar-refractivity contribution in [1.82, 2.24) is 14.9 Å². The van der Waals surface area contributed by atoms with Gasteiger partial charge >= 0.3 is 17.9 Å². The maximum Gasteiger partial charge on any atom is 0.329 e. The molecule has 0 unspecified atom stereocenters. The van der Waals surface area contributed by atoms with Crippen LogP contribution in [0.1, 0.15) is 79.8 Å². The first-order valence-corrected chi connectivity index (χ1v) is 16.6. The van der Waals surface area contributed by atoms with Crippen LogP contribution in [-0.4, -0.2) is 63.1 Å². The van der Waals surface area contributed by atoms with Crippen LogP contribution in [0.3, 0.4) is 0 Å². The van der Waals surface area contributed by atoms with E-state index in [1.807, 2.05) is 26.8 Å². The van der Waals surface area contributed by atoms with Gasteiger partial charge in [0.15, 0.2) is 5.69 Å². The molecule has 1 aliphatic carbocycles. The number of hydrogen-bond donors (Lipinski definition) is 0. The van der Waals surface area contributed by atoms with Crippen LogP contribution in [0.2, 0.25) is 5.02 Å². The zero-order valence-corrected chi connectivity index (χ0v) is 29.5. The molecule has 262 valence electrons. The highest BCUT2D eigenvalue weighted by Gasteiger charge is 2.52. The van der Waals surface area contributed by atoms with Crippen molar-refractivity contribution < 1.29 is 37.4 Å². The second-order valence-corrected chi connectivity index (χ2v) is 15.3. The smallest absolute Gasteiger partial charge is 0.329 e. The van der Waals surface area contributed by atoms with Crippen LogP contribution in [0, 0.1) is 23.2 Å². The summed E-state index contributed by atoms with van der Waals surface area (Å²) in [6.45, 7) is 19.1. The maximum atomic E-state index is 15.1. The number of ether oxygens (including phenoxy) is 3. The van der Waals surface area contributed by atoms with Gasteiger partial charge in [-0.15, -0.1) is 6.58 Å². The second-order valence-electron chi connectivity index (χ2n) is 14.8. The Morgan fingerprint density at radius 3 is 2.38 bits per heavy atom. The number of carbonyl (C=O) groups is 3. The molecule has 6 atom stereocenters. The third-order valence-electron chi connectivity index (χ3n) is 8.75. The second kappa shape index (κ2) is 14.1. The Morgan fingerprint density at radius 2 is 1.77 bits per heavy atom. The molecule has 0 N–H and O–H groups in total. The maximum absolute atomic E-state index is 15.1. The van der Waals surface area contributed by atoms with E-state index in [0.717, 1.165) is 19.3 Å². The van der Waals surface area contributed by atoms with Crippen LogP contribution in [-0.2, 0) is 29.8 Å². The Balaban J connectivity index is 1.66. The van der Waals surface area contributed by atoms with Crippen LogP contribution in [0.4, 0.5) is 8.78 Å². The van der Waals surface area contributed by atoms with Crippen LogP contribution >= 0.6 is 11.6 Å². The van der Waals surface area contributed by atoms with E-state index in [1.54, 1.807) is 27.7 Å². The number of carbonyl (C=O) groups excluding carboxylic acids is 3. The third-order valence-corrected chi connectivity index (χ3v) is 8.99. The summed E-state index contributed by atoms with van der Waals surface area (Å²) in [5.74, 6) is -7.05. The lowest BCUT2D eigenvalue weighted by molar-refractivity contribution is -0.166. The molecular weight excluding hydrogens is 644 g/mol. The Morgan fingerprint density at radius 1 is 1.08 bits per heavy atom. The van der Waals surface area contributed by atoms with Crippen molar-refractivity contribution in [3.8, 4) is 5.88 Å². The molecule has 4 rings (SSSR count). The first kappa shape index (κ1) is 37.2. The van der Waals surface area contributed by atoms with Gasteiger partial charge in [-0.3, -0.25) is 9.59 Å². The number of benzene rings is 1. The largest absolute Gasteiger partial charge is 0.471 e. The normalized spacial score (nSPS) is 23.4. The molecule has 0 radical (unpaired) electrons. The van der Waals surface area contributed by atoms with Gasteiger partial charge < -0.3 is 19.1 Å². The number of likely N-dealkylation sites (tertiary alicyclic amines) is 1. The van der Waals surface area contributed by atoms with E-state index < -0.39 is 70.3 Å². The molecule has 1 aromatic carbocycles. The highest BCUT2D eigenvalue weighted by Crippen LogP contribution is 2.41. The van der Waals surface area contributed by atoms with Gasteiger partial charge in [-0.2, -0.15) is 8.78 Å². The summed E-state index contributed by atoms with van der Waals surface area (Å²) < 4.78 is 47.9. The van der Waals surface area contributed by atoms with Crippen molar-refractivity contribution in [1.29, 1.82) is 0 Å². The quantitative estimate of drug-likeness (QED) is 0.167. The van der Waals surface area contributed by atoms with Crippen molar-refractivity contribution >= 4 is 40.5 Å². The molecule has 2 aromatic rings. The van der Waals surface area contributed by atoms with Crippen molar-refractivity contribution in [3.63, 3.8) is 0 Å². The number of amides is 1. The number of aromatic nitrogens is 2. The average molecular weight is 690 g/mol. The molecule has 12 heteroatoms. The van der Waals surface area contributed by atoms with Crippen LogP contribution < -0.4 is 4.74 Å². The average Bonchev–Trinajstić information content (AvgIpc) is 3.63. The van der Waals surface area contributed by atoms with E-state index >= 15 is 8.78 Å². The lowest BCUT2D eigenvalue weighted by Crippen LogP contribution is -2.50. The van der Waals surface area contributed by atoms with Gasteiger partial charge in [-0.05, 0) is 75.6 Å².